The molecule has 2 atom stereocenters. The molecule has 0 aliphatic carbocycles. The van der Waals surface area contributed by atoms with E-state index in [1.165, 1.54) is 4.90 Å². The van der Waals surface area contributed by atoms with Crippen molar-refractivity contribution < 1.29 is 14.3 Å². The molecule has 0 radical (unpaired) electrons. The zero-order valence-electron chi connectivity index (χ0n) is 10.7. The van der Waals surface area contributed by atoms with Crippen molar-refractivity contribution in [1.82, 2.24) is 9.80 Å². The number of ether oxygens (including phenoxy) is 1. The summed E-state index contributed by atoms with van der Waals surface area (Å²) in [5.41, 5.74) is 0. The van der Waals surface area contributed by atoms with Gasteiger partial charge < -0.3 is 4.74 Å². The summed E-state index contributed by atoms with van der Waals surface area (Å²) in [5.74, 6) is -0.310. The largest absolute Gasteiger partial charge is 0.355 e. The van der Waals surface area contributed by atoms with Gasteiger partial charge in [-0.1, -0.05) is 0 Å². The molecule has 3 aliphatic heterocycles. The summed E-state index contributed by atoms with van der Waals surface area (Å²) < 4.78 is 5.41. The Morgan fingerprint density at radius 2 is 1.68 bits per heavy atom. The Morgan fingerprint density at radius 3 is 2.21 bits per heavy atom. The molecule has 0 N–H and O–H groups in total. The summed E-state index contributed by atoms with van der Waals surface area (Å²) >= 11 is 0. The molecule has 0 aromatic rings. The second kappa shape index (κ2) is 4.91. The molecule has 0 aromatic heterocycles. The summed E-state index contributed by atoms with van der Waals surface area (Å²) in [5, 5.41) is 8.67. The molecule has 102 valence electrons. The quantitative estimate of drug-likeness (QED) is 0.513. The van der Waals surface area contributed by atoms with Crippen molar-refractivity contribution in [3.63, 3.8) is 0 Å². The predicted octanol–water partition coefficient (Wildman–Crippen LogP) is -0.109. The third-order valence-electron chi connectivity index (χ3n) is 4.26. The first-order chi connectivity index (χ1) is 9.20. The molecule has 2 amide bonds. The van der Waals surface area contributed by atoms with E-state index in [1.807, 2.05) is 0 Å². The van der Waals surface area contributed by atoms with Crippen LogP contribution in [0.25, 0.3) is 0 Å². The molecule has 2 bridgehead atoms. The van der Waals surface area contributed by atoms with E-state index in [4.69, 9.17) is 10.00 Å². The smallest absolute Gasteiger partial charge is 0.258 e. The Bertz CT molecular complexity index is 415. The minimum absolute atomic E-state index is 0.0121. The van der Waals surface area contributed by atoms with E-state index in [0.29, 0.717) is 19.4 Å². The van der Waals surface area contributed by atoms with Gasteiger partial charge in [-0.15, -0.1) is 0 Å². The van der Waals surface area contributed by atoms with Crippen molar-refractivity contribution in [1.29, 1.82) is 5.26 Å². The van der Waals surface area contributed by atoms with Crippen molar-refractivity contribution in [2.45, 2.75) is 43.9 Å². The maximum absolute atomic E-state index is 12.2. The van der Waals surface area contributed by atoms with Gasteiger partial charge in [0.05, 0.1) is 12.6 Å². The molecule has 6 heteroatoms. The number of amides is 2. The van der Waals surface area contributed by atoms with Crippen LogP contribution in [0.4, 0.5) is 0 Å². The van der Waals surface area contributed by atoms with Gasteiger partial charge in [-0.3, -0.25) is 19.4 Å². The topological polar surface area (TPSA) is 73.6 Å². The van der Waals surface area contributed by atoms with Gasteiger partial charge in [0.2, 0.25) is 0 Å². The SMILES string of the molecule is N#CCN1CCC(N2C(=O)C3CCC(O3)C2=O)CC1. The highest BCUT2D eigenvalue weighted by Crippen LogP contribution is 2.31. The fourth-order valence-electron chi connectivity index (χ4n) is 3.21. The van der Waals surface area contributed by atoms with E-state index < -0.39 is 12.2 Å². The van der Waals surface area contributed by atoms with Crippen molar-refractivity contribution in [2.24, 2.45) is 0 Å². The van der Waals surface area contributed by atoms with Gasteiger partial charge >= 0.3 is 0 Å². The lowest BCUT2D eigenvalue weighted by atomic mass is 10.0. The van der Waals surface area contributed by atoms with E-state index in [0.717, 1.165) is 25.9 Å². The fourth-order valence-corrected chi connectivity index (χ4v) is 3.21. The zero-order chi connectivity index (χ0) is 13.4. The number of likely N-dealkylation sites (tertiary alicyclic amines) is 2. The monoisotopic (exact) mass is 263 g/mol. The van der Waals surface area contributed by atoms with Gasteiger partial charge in [-0.05, 0) is 25.7 Å². The van der Waals surface area contributed by atoms with E-state index >= 15 is 0 Å². The first kappa shape index (κ1) is 12.6. The van der Waals surface area contributed by atoms with Gasteiger partial charge in [0, 0.05) is 19.1 Å². The summed E-state index contributed by atoms with van der Waals surface area (Å²) in [4.78, 5) is 27.9. The Balaban J connectivity index is 1.68. The van der Waals surface area contributed by atoms with Crippen molar-refractivity contribution in [3.8, 4) is 6.07 Å². The number of imide groups is 1. The maximum atomic E-state index is 12.2. The molecule has 19 heavy (non-hydrogen) atoms. The van der Waals surface area contributed by atoms with Gasteiger partial charge in [0.15, 0.2) is 0 Å². The van der Waals surface area contributed by atoms with Gasteiger partial charge in [0.1, 0.15) is 12.2 Å². The van der Waals surface area contributed by atoms with Gasteiger partial charge in [-0.25, -0.2) is 0 Å². The summed E-state index contributed by atoms with van der Waals surface area (Å²) in [7, 11) is 0. The molecule has 3 saturated heterocycles. The average molecular weight is 263 g/mol. The van der Waals surface area contributed by atoms with Crippen LogP contribution in [-0.2, 0) is 14.3 Å². The molecule has 0 saturated carbocycles. The molecule has 3 heterocycles. The normalized spacial score (nSPS) is 32.7. The predicted molar refractivity (Wildman–Crippen MR) is 64.8 cm³/mol. The maximum Gasteiger partial charge on any atom is 0.258 e. The van der Waals surface area contributed by atoms with Crippen molar-refractivity contribution in [3.05, 3.63) is 0 Å². The first-order valence-electron chi connectivity index (χ1n) is 6.82. The van der Waals surface area contributed by atoms with Crippen molar-refractivity contribution in [2.75, 3.05) is 19.6 Å². The molecule has 2 unspecified atom stereocenters. The van der Waals surface area contributed by atoms with E-state index in [2.05, 4.69) is 11.0 Å². The number of hydrogen-bond acceptors (Lipinski definition) is 5. The third-order valence-corrected chi connectivity index (χ3v) is 4.26. The zero-order valence-corrected chi connectivity index (χ0v) is 10.7. The lowest BCUT2D eigenvalue weighted by molar-refractivity contribution is -0.172. The second-order valence-corrected chi connectivity index (χ2v) is 5.40. The number of carbonyl (C=O) groups is 2. The molecule has 3 fully saturated rings. The third kappa shape index (κ3) is 2.13. The van der Waals surface area contributed by atoms with E-state index in [9.17, 15) is 9.59 Å². The second-order valence-electron chi connectivity index (χ2n) is 5.40. The molecule has 0 spiro atoms. The Labute approximate surface area is 111 Å². The molecule has 6 nitrogen and oxygen atoms in total. The van der Waals surface area contributed by atoms with Crippen LogP contribution in [0.5, 0.6) is 0 Å². The number of nitrogens with zero attached hydrogens (tertiary/aromatic N) is 3. The van der Waals surface area contributed by atoms with Crippen LogP contribution in [0.2, 0.25) is 0 Å². The molecule has 3 rings (SSSR count). The van der Waals surface area contributed by atoms with E-state index in [-0.39, 0.29) is 17.9 Å². The highest BCUT2D eigenvalue weighted by atomic mass is 16.5. The average Bonchev–Trinajstić information content (AvgIpc) is 2.86. The van der Waals surface area contributed by atoms with Crippen LogP contribution in [-0.4, -0.2) is 59.5 Å². The van der Waals surface area contributed by atoms with E-state index in [1.54, 1.807) is 0 Å². The van der Waals surface area contributed by atoms with Crippen LogP contribution >= 0.6 is 0 Å². The van der Waals surface area contributed by atoms with Crippen LogP contribution < -0.4 is 0 Å². The summed E-state index contributed by atoms with van der Waals surface area (Å²) in [6, 6.07) is 2.12. The van der Waals surface area contributed by atoms with Gasteiger partial charge in [-0.2, -0.15) is 5.26 Å². The molecular weight excluding hydrogens is 246 g/mol. The number of piperidine rings is 1. The van der Waals surface area contributed by atoms with Crippen LogP contribution in [0.15, 0.2) is 0 Å². The highest BCUT2D eigenvalue weighted by molar-refractivity contribution is 6.02. The number of fused-ring (bicyclic) bond motifs is 2. The Morgan fingerprint density at radius 1 is 1.11 bits per heavy atom. The number of rotatable bonds is 2. The molecular formula is C13H17N3O3. The standard InChI is InChI=1S/C13H17N3O3/c14-5-8-15-6-3-9(4-7-15)16-12(17)10-1-2-11(19-10)13(16)18/h9-11H,1-4,6-8H2. The van der Waals surface area contributed by atoms with Crippen molar-refractivity contribution >= 4 is 11.8 Å². The summed E-state index contributed by atoms with van der Waals surface area (Å²) in [6.45, 7) is 1.96. The Hall–Kier alpha value is -1.45. The van der Waals surface area contributed by atoms with Crippen LogP contribution in [0.3, 0.4) is 0 Å². The number of nitriles is 1. The number of morpholine rings is 1. The minimum Gasteiger partial charge on any atom is -0.355 e. The highest BCUT2D eigenvalue weighted by Gasteiger charge is 2.48. The lowest BCUT2D eigenvalue weighted by Crippen LogP contribution is -2.58. The number of hydrogen-bond donors (Lipinski definition) is 0. The fraction of sp³-hybridized carbons (Fsp3) is 0.769. The molecule has 0 aromatic carbocycles. The number of carbonyl (C=O) groups excluding carboxylic acids is 2. The first-order valence-corrected chi connectivity index (χ1v) is 6.82. The van der Waals surface area contributed by atoms with Crippen LogP contribution in [0, 0.1) is 11.3 Å². The Kier molecular flexibility index (Phi) is 3.25. The minimum atomic E-state index is -0.403. The van der Waals surface area contributed by atoms with Gasteiger partial charge in [0.25, 0.3) is 11.8 Å². The molecule has 3 aliphatic rings. The lowest BCUT2D eigenvalue weighted by Gasteiger charge is -2.40. The van der Waals surface area contributed by atoms with Crippen LogP contribution in [0.1, 0.15) is 25.7 Å². The summed E-state index contributed by atoms with van der Waals surface area (Å²) in [6.07, 6.45) is 2.05.